The number of carbonyl (C=O) groups is 1. The molecule has 148 valence electrons. The maximum atomic E-state index is 13.6. The number of rotatable bonds is 7. The molecule has 0 aliphatic rings. The zero-order chi connectivity index (χ0) is 20.8. The molecule has 1 amide bonds. The molecule has 2 N–H and O–H groups in total. The minimum atomic E-state index is -0.897. The lowest BCUT2D eigenvalue weighted by molar-refractivity contribution is 0.0945. The van der Waals surface area contributed by atoms with Crippen LogP contribution >= 0.6 is 0 Å². The number of fused-ring (bicyclic) bond motifs is 1. The number of nitrogens with one attached hydrogen (secondary N) is 2. The van der Waals surface area contributed by atoms with Gasteiger partial charge >= 0.3 is 0 Å². The topological polar surface area (TPSA) is 77.8 Å². The molecule has 0 aliphatic heterocycles. The quantitative estimate of drug-likeness (QED) is 0.590. The molecule has 0 unspecified atom stereocenters. The number of halogens is 2. The van der Waals surface area contributed by atoms with E-state index in [0.717, 1.165) is 29.5 Å². The highest BCUT2D eigenvalue weighted by Gasteiger charge is 2.16. The summed E-state index contributed by atoms with van der Waals surface area (Å²) in [7, 11) is 0. The highest BCUT2D eigenvalue weighted by atomic mass is 19.1. The number of carbonyl (C=O) groups excluding carboxylic acids is 1. The van der Waals surface area contributed by atoms with Crippen LogP contribution < -0.4 is 10.6 Å². The van der Waals surface area contributed by atoms with Crippen molar-refractivity contribution >= 4 is 22.6 Å². The summed E-state index contributed by atoms with van der Waals surface area (Å²) in [6.07, 6.45) is 1.39. The molecule has 5 nitrogen and oxygen atoms in total. The van der Waals surface area contributed by atoms with Gasteiger partial charge in [-0.15, -0.1) is 0 Å². The lowest BCUT2D eigenvalue weighted by Gasteiger charge is -2.10. The average molecular weight is 394 g/mol. The Balaban J connectivity index is 1.58. The third kappa shape index (κ3) is 4.66. The summed E-state index contributed by atoms with van der Waals surface area (Å²) in [4.78, 5) is 16.5. The first-order valence-electron chi connectivity index (χ1n) is 9.33. The molecular weight excluding hydrogens is 374 g/mol. The second kappa shape index (κ2) is 9.11. The number of pyridine rings is 1. The molecule has 29 heavy (non-hydrogen) atoms. The van der Waals surface area contributed by atoms with Crippen LogP contribution in [0.3, 0.4) is 0 Å². The van der Waals surface area contributed by atoms with Gasteiger partial charge in [0, 0.05) is 18.5 Å². The van der Waals surface area contributed by atoms with Gasteiger partial charge in [-0.05, 0) is 48.7 Å². The summed E-state index contributed by atoms with van der Waals surface area (Å²) >= 11 is 0. The largest absolute Gasteiger partial charge is 0.369 e. The molecular formula is C22H20F2N4O. The number of aromatic nitrogens is 1. The van der Waals surface area contributed by atoms with E-state index >= 15 is 0 Å². The van der Waals surface area contributed by atoms with Gasteiger partial charge in [-0.3, -0.25) is 4.79 Å². The number of hydrogen-bond donors (Lipinski definition) is 2. The van der Waals surface area contributed by atoms with Crippen molar-refractivity contribution in [3.05, 3.63) is 70.8 Å². The number of nitriles is 1. The first-order valence-corrected chi connectivity index (χ1v) is 9.33. The van der Waals surface area contributed by atoms with Crippen LogP contribution in [-0.2, 0) is 6.42 Å². The van der Waals surface area contributed by atoms with Gasteiger partial charge in [0.05, 0.1) is 11.1 Å². The second-order valence-corrected chi connectivity index (χ2v) is 6.51. The Morgan fingerprint density at radius 2 is 1.90 bits per heavy atom. The highest BCUT2D eigenvalue weighted by Crippen LogP contribution is 2.21. The van der Waals surface area contributed by atoms with Crippen molar-refractivity contribution in [3.8, 4) is 6.07 Å². The molecule has 3 aromatic rings. The number of amides is 1. The molecule has 0 spiro atoms. The molecule has 0 fully saturated rings. The molecule has 0 atom stereocenters. The molecule has 3 rings (SSSR count). The Labute approximate surface area is 167 Å². The van der Waals surface area contributed by atoms with E-state index in [1.807, 2.05) is 18.2 Å². The predicted molar refractivity (Wildman–Crippen MR) is 108 cm³/mol. The van der Waals surface area contributed by atoms with Gasteiger partial charge in [-0.1, -0.05) is 19.1 Å². The van der Waals surface area contributed by atoms with Crippen LogP contribution in [0.2, 0.25) is 0 Å². The Morgan fingerprint density at radius 3 is 2.59 bits per heavy atom. The maximum absolute atomic E-state index is 13.6. The van der Waals surface area contributed by atoms with Crippen molar-refractivity contribution in [2.45, 2.75) is 19.8 Å². The SMILES string of the molecule is CCc1ccc2nc(NCCCNC(=O)c3c(F)cccc3F)c(C#N)cc2c1. The minimum absolute atomic E-state index is 0.217. The predicted octanol–water partition coefficient (Wildman–Crippen LogP) is 4.18. The molecule has 1 aromatic heterocycles. The first kappa shape index (κ1) is 20.2. The van der Waals surface area contributed by atoms with Crippen LogP contribution in [0, 0.1) is 23.0 Å². The Hall–Kier alpha value is -3.53. The fourth-order valence-corrected chi connectivity index (χ4v) is 2.97. The third-order valence-corrected chi connectivity index (χ3v) is 4.53. The van der Waals surface area contributed by atoms with Crippen LogP contribution in [0.15, 0.2) is 42.5 Å². The number of anilines is 1. The maximum Gasteiger partial charge on any atom is 0.257 e. The number of aryl methyl sites for hydroxylation is 1. The number of hydrogen-bond acceptors (Lipinski definition) is 4. The van der Waals surface area contributed by atoms with E-state index in [4.69, 9.17) is 0 Å². The van der Waals surface area contributed by atoms with Gasteiger partial charge in [-0.2, -0.15) is 5.26 Å². The van der Waals surface area contributed by atoms with Gasteiger partial charge in [0.15, 0.2) is 0 Å². The molecule has 2 aromatic carbocycles. The van der Waals surface area contributed by atoms with E-state index in [1.165, 1.54) is 11.6 Å². The van der Waals surface area contributed by atoms with Crippen molar-refractivity contribution in [1.29, 1.82) is 5.26 Å². The lowest BCUT2D eigenvalue weighted by Crippen LogP contribution is -2.27. The standard InChI is InChI=1S/C22H20F2N4O/c1-2-14-7-8-19-15(11-14)12-16(13-25)21(28-19)26-9-4-10-27-22(29)20-17(23)5-3-6-18(20)24/h3,5-8,11-12H,2,4,9-10H2,1H3,(H,26,28)(H,27,29). The first-order chi connectivity index (χ1) is 14.0. The van der Waals surface area contributed by atoms with Crippen molar-refractivity contribution in [1.82, 2.24) is 10.3 Å². The number of nitrogens with zero attached hydrogens (tertiary/aromatic N) is 2. The second-order valence-electron chi connectivity index (χ2n) is 6.51. The van der Waals surface area contributed by atoms with Gasteiger partial charge < -0.3 is 10.6 Å². The van der Waals surface area contributed by atoms with Gasteiger partial charge in [-0.25, -0.2) is 13.8 Å². The van der Waals surface area contributed by atoms with Crippen LogP contribution in [0.1, 0.15) is 34.8 Å². The molecule has 1 heterocycles. The van der Waals surface area contributed by atoms with Crippen molar-refractivity contribution in [3.63, 3.8) is 0 Å². The van der Waals surface area contributed by atoms with Crippen LogP contribution in [-0.4, -0.2) is 24.0 Å². The van der Waals surface area contributed by atoms with E-state index < -0.39 is 23.1 Å². The van der Waals surface area contributed by atoms with E-state index in [2.05, 4.69) is 28.6 Å². The summed E-state index contributed by atoms with van der Waals surface area (Å²) in [5.41, 5.74) is 1.80. The van der Waals surface area contributed by atoms with Gasteiger partial charge in [0.1, 0.15) is 29.1 Å². The molecule has 0 saturated heterocycles. The van der Waals surface area contributed by atoms with Crippen LogP contribution in [0.5, 0.6) is 0 Å². The Bertz CT molecular complexity index is 1070. The summed E-state index contributed by atoms with van der Waals surface area (Å²) in [6.45, 7) is 2.71. The van der Waals surface area contributed by atoms with Crippen molar-refractivity contribution < 1.29 is 13.6 Å². The molecule has 7 heteroatoms. The smallest absolute Gasteiger partial charge is 0.257 e. The normalized spacial score (nSPS) is 10.6. The van der Waals surface area contributed by atoms with E-state index in [1.54, 1.807) is 6.07 Å². The Morgan fingerprint density at radius 1 is 1.14 bits per heavy atom. The summed E-state index contributed by atoms with van der Waals surface area (Å²) in [5, 5.41) is 15.9. The summed E-state index contributed by atoms with van der Waals surface area (Å²) < 4.78 is 27.2. The average Bonchev–Trinajstić information content (AvgIpc) is 2.72. The van der Waals surface area contributed by atoms with Crippen LogP contribution in [0.25, 0.3) is 10.9 Å². The fraction of sp³-hybridized carbons (Fsp3) is 0.227. The van der Waals surface area contributed by atoms with Gasteiger partial charge in [0.2, 0.25) is 0 Å². The van der Waals surface area contributed by atoms with E-state index in [9.17, 15) is 18.8 Å². The Kier molecular flexibility index (Phi) is 6.35. The van der Waals surface area contributed by atoms with Crippen molar-refractivity contribution in [2.24, 2.45) is 0 Å². The summed E-state index contributed by atoms with van der Waals surface area (Å²) in [6, 6.07) is 13.2. The van der Waals surface area contributed by atoms with E-state index in [-0.39, 0.29) is 6.54 Å². The zero-order valence-electron chi connectivity index (χ0n) is 15.9. The number of benzene rings is 2. The zero-order valence-corrected chi connectivity index (χ0v) is 15.9. The summed E-state index contributed by atoms with van der Waals surface area (Å²) in [5.74, 6) is -2.12. The van der Waals surface area contributed by atoms with Gasteiger partial charge in [0.25, 0.3) is 5.91 Å². The van der Waals surface area contributed by atoms with Crippen molar-refractivity contribution in [2.75, 3.05) is 18.4 Å². The van der Waals surface area contributed by atoms with E-state index in [0.29, 0.717) is 24.3 Å². The molecule has 0 bridgehead atoms. The molecule has 0 aliphatic carbocycles. The lowest BCUT2D eigenvalue weighted by atomic mass is 10.1. The monoisotopic (exact) mass is 394 g/mol. The molecule has 0 saturated carbocycles. The fourth-order valence-electron chi connectivity index (χ4n) is 2.97. The van der Waals surface area contributed by atoms with Crippen LogP contribution in [0.4, 0.5) is 14.6 Å². The highest BCUT2D eigenvalue weighted by molar-refractivity contribution is 5.94. The minimum Gasteiger partial charge on any atom is -0.369 e. The molecule has 0 radical (unpaired) electrons. The third-order valence-electron chi connectivity index (χ3n) is 4.53.